The molecule has 0 aromatic carbocycles. The first-order valence-electron chi connectivity index (χ1n) is 14.7. The van der Waals surface area contributed by atoms with Gasteiger partial charge in [0.2, 0.25) is 0 Å². The van der Waals surface area contributed by atoms with E-state index >= 15 is 0 Å². The van der Waals surface area contributed by atoms with Gasteiger partial charge in [-0.2, -0.15) is 0 Å². The minimum Gasteiger partial charge on any atom is -0.394 e. The van der Waals surface area contributed by atoms with Gasteiger partial charge in [0.15, 0.2) is 0 Å². The van der Waals surface area contributed by atoms with Crippen LogP contribution in [0, 0.1) is 0 Å². The molecule has 0 radical (unpaired) electrons. The van der Waals surface area contributed by atoms with Crippen molar-refractivity contribution in [2.75, 3.05) is 6.61 Å². The molecule has 2 unspecified atom stereocenters. The normalized spacial score (nSPS) is 13.5. The third kappa shape index (κ3) is 24.5. The predicted octanol–water partition coefficient (Wildman–Crippen LogP) is 8.47. The zero-order valence-electron chi connectivity index (χ0n) is 21.9. The standard InChI is InChI=1S/C29H60O3/c1-2-3-4-5-6-7-8-9-10-11-12-13-14-15-16-17-18-19-20-21-22-23-24-25-26-28(31)29(32)27-30/h28-32H,2-27H2,1H3. The molecule has 2 atom stereocenters. The number of rotatable bonds is 27. The van der Waals surface area contributed by atoms with E-state index in [1.54, 1.807) is 0 Å². The van der Waals surface area contributed by atoms with Gasteiger partial charge in [-0.1, -0.05) is 161 Å². The lowest BCUT2D eigenvalue weighted by atomic mass is 10.0. The Morgan fingerprint density at radius 1 is 0.375 bits per heavy atom. The summed E-state index contributed by atoms with van der Waals surface area (Å²) in [6.45, 7) is 1.94. The van der Waals surface area contributed by atoms with E-state index in [1.807, 2.05) is 0 Å². The van der Waals surface area contributed by atoms with Gasteiger partial charge >= 0.3 is 0 Å². The van der Waals surface area contributed by atoms with Crippen LogP contribution >= 0.6 is 0 Å². The molecule has 3 nitrogen and oxygen atoms in total. The van der Waals surface area contributed by atoms with Crippen molar-refractivity contribution in [3.05, 3.63) is 0 Å². The third-order valence-electron chi connectivity index (χ3n) is 6.98. The fourth-order valence-corrected chi connectivity index (χ4v) is 4.63. The first-order valence-corrected chi connectivity index (χ1v) is 14.7. The highest BCUT2D eigenvalue weighted by atomic mass is 16.4. The van der Waals surface area contributed by atoms with E-state index in [1.165, 1.54) is 141 Å². The van der Waals surface area contributed by atoms with Gasteiger partial charge in [-0.25, -0.2) is 0 Å². The monoisotopic (exact) mass is 456 g/mol. The van der Waals surface area contributed by atoms with Crippen LogP contribution in [-0.2, 0) is 0 Å². The lowest BCUT2D eigenvalue weighted by Gasteiger charge is -2.14. The van der Waals surface area contributed by atoms with Crippen molar-refractivity contribution >= 4 is 0 Å². The van der Waals surface area contributed by atoms with Crippen molar-refractivity contribution in [3.8, 4) is 0 Å². The summed E-state index contributed by atoms with van der Waals surface area (Å²) >= 11 is 0. The van der Waals surface area contributed by atoms with Crippen LogP contribution in [0.3, 0.4) is 0 Å². The highest BCUT2D eigenvalue weighted by molar-refractivity contribution is 4.65. The Kier molecular flexibility index (Phi) is 27.0. The molecule has 0 aliphatic carbocycles. The minimum atomic E-state index is -0.973. The molecule has 3 heteroatoms. The molecule has 0 aromatic rings. The molecule has 3 N–H and O–H groups in total. The van der Waals surface area contributed by atoms with Gasteiger partial charge in [0.1, 0.15) is 6.10 Å². The van der Waals surface area contributed by atoms with E-state index in [4.69, 9.17) is 5.11 Å². The molecule has 0 amide bonds. The average Bonchev–Trinajstić information content (AvgIpc) is 2.81. The Morgan fingerprint density at radius 2 is 0.625 bits per heavy atom. The van der Waals surface area contributed by atoms with Crippen LogP contribution < -0.4 is 0 Å². The van der Waals surface area contributed by atoms with E-state index in [0.29, 0.717) is 6.42 Å². The predicted molar refractivity (Wildman–Crippen MR) is 140 cm³/mol. The zero-order chi connectivity index (χ0) is 23.5. The summed E-state index contributed by atoms with van der Waals surface area (Å²) in [6, 6.07) is 0. The van der Waals surface area contributed by atoms with E-state index in [2.05, 4.69) is 6.92 Å². The molecule has 0 spiro atoms. The Balaban J connectivity index is 3.07. The first kappa shape index (κ1) is 31.9. The van der Waals surface area contributed by atoms with E-state index in [0.717, 1.165) is 12.8 Å². The summed E-state index contributed by atoms with van der Waals surface area (Å²) in [5.74, 6) is 0. The molecule has 0 saturated heterocycles. The summed E-state index contributed by atoms with van der Waals surface area (Å²) in [7, 11) is 0. The maximum absolute atomic E-state index is 9.59. The maximum atomic E-state index is 9.59. The average molecular weight is 457 g/mol. The molecule has 0 aliphatic rings. The SMILES string of the molecule is CCCCCCCCCCCCCCCCCCCCCCCCCCC(O)C(O)CO. The minimum absolute atomic E-state index is 0.347. The van der Waals surface area contributed by atoms with Gasteiger partial charge in [-0.15, -0.1) is 0 Å². The van der Waals surface area contributed by atoms with Crippen molar-refractivity contribution < 1.29 is 15.3 Å². The Labute approximate surface area is 201 Å². The molecule has 0 saturated carbocycles. The molecule has 32 heavy (non-hydrogen) atoms. The Hall–Kier alpha value is -0.120. The summed E-state index contributed by atoms with van der Waals surface area (Å²) in [5.41, 5.74) is 0. The second-order valence-electron chi connectivity index (χ2n) is 10.2. The molecular weight excluding hydrogens is 396 g/mol. The third-order valence-corrected chi connectivity index (χ3v) is 6.98. The summed E-state index contributed by atoms with van der Waals surface area (Å²) in [5, 5.41) is 27.7. The van der Waals surface area contributed by atoms with Crippen LogP contribution in [0.25, 0.3) is 0 Å². The van der Waals surface area contributed by atoms with Gasteiger partial charge in [-0.05, 0) is 6.42 Å². The van der Waals surface area contributed by atoms with Gasteiger partial charge in [0.25, 0.3) is 0 Å². The molecule has 0 aromatic heterocycles. The van der Waals surface area contributed by atoms with Crippen molar-refractivity contribution in [2.24, 2.45) is 0 Å². The molecular formula is C29H60O3. The highest BCUT2D eigenvalue weighted by Gasteiger charge is 2.13. The molecule has 0 rings (SSSR count). The largest absolute Gasteiger partial charge is 0.394 e. The Morgan fingerprint density at radius 3 is 0.875 bits per heavy atom. The van der Waals surface area contributed by atoms with Crippen LogP contribution in [-0.4, -0.2) is 34.1 Å². The van der Waals surface area contributed by atoms with Gasteiger partial charge in [0.05, 0.1) is 12.7 Å². The smallest absolute Gasteiger partial charge is 0.103 e. The number of unbranched alkanes of at least 4 members (excludes halogenated alkanes) is 23. The van der Waals surface area contributed by atoms with Gasteiger partial charge < -0.3 is 15.3 Å². The van der Waals surface area contributed by atoms with Crippen LogP contribution in [0.5, 0.6) is 0 Å². The maximum Gasteiger partial charge on any atom is 0.103 e. The van der Waals surface area contributed by atoms with Gasteiger partial charge in [0, 0.05) is 0 Å². The molecule has 0 bridgehead atoms. The van der Waals surface area contributed by atoms with E-state index in [-0.39, 0.29) is 6.61 Å². The molecule has 194 valence electrons. The van der Waals surface area contributed by atoms with Crippen LogP contribution in [0.4, 0.5) is 0 Å². The number of aliphatic hydroxyl groups is 3. The zero-order valence-corrected chi connectivity index (χ0v) is 21.9. The fraction of sp³-hybridized carbons (Fsp3) is 1.00. The highest BCUT2D eigenvalue weighted by Crippen LogP contribution is 2.16. The van der Waals surface area contributed by atoms with Crippen LogP contribution in [0.1, 0.15) is 167 Å². The first-order chi connectivity index (χ1) is 15.7. The number of aliphatic hydroxyl groups excluding tert-OH is 3. The van der Waals surface area contributed by atoms with Crippen LogP contribution in [0.15, 0.2) is 0 Å². The molecule has 0 fully saturated rings. The summed E-state index contributed by atoms with van der Waals surface area (Å²) in [6.07, 6.45) is 32.0. The topological polar surface area (TPSA) is 60.7 Å². The van der Waals surface area contributed by atoms with E-state index < -0.39 is 12.2 Å². The van der Waals surface area contributed by atoms with Crippen molar-refractivity contribution in [1.82, 2.24) is 0 Å². The second-order valence-corrected chi connectivity index (χ2v) is 10.2. The summed E-state index contributed by atoms with van der Waals surface area (Å²) in [4.78, 5) is 0. The second kappa shape index (κ2) is 27.1. The van der Waals surface area contributed by atoms with Gasteiger partial charge in [-0.3, -0.25) is 0 Å². The van der Waals surface area contributed by atoms with E-state index in [9.17, 15) is 10.2 Å². The quantitative estimate of drug-likeness (QED) is 0.109. The van der Waals surface area contributed by atoms with Crippen LogP contribution in [0.2, 0.25) is 0 Å². The van der Waals surface area contributed by atoms with Crippen molar-refractivity contribution in [2.45, 2.75) is 180 Å². The Bertz CT molecular complexity index is 334. The lowest BCUT2D eigenvalue weighted by molar-refractivity contribution is -0.0185. The molecule has 0 aliphatic heterocycles. The molecule has 0 heterocycles. The number of hydrogen-bond donors (Lipinski definition) is 3. The van der Waals surface area contributed by atoms with Crippen molar-refractivity contribution in [1.29, 1.82) is 0 Å². The summed E-state index contributed by atoms with van der Waals surface area (Å²) < 4.78 is 0. The van der Waals surface area contributed by atoms with Crippen molar-refractivity contribution in [3.63, 3.8) is 0 Å². The lowest BCUT2D eigenvalue weighted by Crippen LogP contribution is -2.28. The fourth-order valence-electron chi connectivity index (χ4n) is 4.63. The number of hydrogen-bond acceptors (Lipinski definition) is 3.